The second-order valence-electron chi connectivity index (χ2n) is 16.8. The predicted molar refractivity (Wildman–Crippen MR) is 251 cm³/mol. The molecule has 0 bridgehead atoms. The van der Waals surface area contributed by atoms with Crippen LogP contribution in [-0.2, 0) is 32.0 Å². The molecular formula is C48H63ClN10O5. The quantitative estimate of drug-likeness (QED) is 0.0825. The van der Waals surface area contributed by atoms with Gasteiger partial charge in [-0.25, -0.2) is 15.0 Å². The van der Waals surface area contributed by atoms with E-state index >= 15 is 0 Å². The van der Waals surface area contributed by atoms with Crippen LogP contribution >= 0.6 is 11.6 Å². The molecule has 0 spiro atoms. The summed E-state index contributed by atoms with van der Waals surface area (Å²) in [6.45, 7) is 15.4. The van der Waals surface area contributed by atoms with Gasteiger partial charge in [0.05, 0.1) is 31.4 Å². The Bertz CT molecular complexity index is 2220. The van der Waals surface area contributed by atoms with Crippen molar-refractivity contribution in [2.75, 3.05) is 88.9 Å². The van der Waals surface area contributed by atoms with E-state index in [-0.39, 0.29) is 49.2 Å². The third-order valence-electron chi connectivity index (χ3n) is 11.9. The van der Waals surface area contributed by atoms with Gasteiger partial charge in [0.2, 0.25) is 17.7 Å². The summed E-state index contributed by atoms with van der Waals surface area (Å²) in [6, 6.07) is 17.5. The third kappa shape index (κ3) is 13.1. The summed E-state index contributed by atoms with van der Waals surface area (Å²) in [6.07, 6.45) is 6.26. The van der Waals surface area contributed by atoms with E-state index in [9.17, 15) is 19.2 Å². The Labute approximate surface area is 382 Å². The maximum absolute atomic E-state index is 14.3. The number of pyridine rings is 1. The number of aryl methyl sites for hydroxylation is 2. The zero-order chi connectivity index (χ0) is 45.6. The number of amides is 4. The van der Waals surface area contributed by atoms with Crippen LogP contribution in [0, 0.1) is 0 Å². The number of rotatable bonds is 21. The summed E-state index contributed by atoms with van der Waals surface area (Å²) < 4.78 is 5.67. The van der Waals surface area contributed by atoms with Gasteiger partial charge in [0.25, 0.3) is 5.91 Å². The summed E-state index contributed by atoms with van der Waals surface area (Å²) >= 11 is 6.27. The fourth-order valence-electron chi connectivity index (χ4n) is 8.28. The molecule has 4 amide bonds. The van der Waals surface area contributed by atoms with Crippen molar-refractivity contribution in [3.8, 4) is 11.1 Å². The van der Waals surface area contributed by atoms with Crippen molar-refractivity contribution >= 4 is 46.7 Å². The number of nitrogens with one attached hydrogen (secondary N) is 4. The van der Waals surface area contributed by atoms with Crippen LogP contribution in [0.1, 0.15) is 85.7 Å². The van der Waals surface area contributed by atoms with Gasteiger partial charge in [-0.05, 0) is 73.9 Å². The predicted octanol–water partition coefficient (Wildman–Crippen LogP) is 5.06. The molecule has 0 radical (unpaired) electrons. The first kappa shape index (κ1) is 48.0. The average molecular weight is 896 g/mol. The third-order valence-corrected chi connectivity index (χ3v) is 12.2. The Morgan fingerprint density at radius 3 is 2.42 bits per heavy atom. The summed E-state index contributed by atoms with van der Waals surface area (Å²) in [7, 11) is 0. The van der Waals surface area contributed by atoms with Crippen molar-refractivity contribution in [1.82, 2.24) is 40.7 Å². The van der Waals surface area contributed by atoms with Gasteiger partial charge in [-0.15, -0.1) is 0 Å². The second-order valence-corrected chi connectivity index (χ2v) is 17.2. The lowest BCUT2D eigenvalue weighted by Gasteiger charge is -2.39. The van der Waals surface area contributed by atoms with Crippen LogP contribution in [0.2, 0.25) is 5.02 Å². The van der Waals surface area contributed by atoms with E-state index in [4.69, 9.17) is 16.3 Å². The summed E-state index contributed by atoms with van der Waals surface area (Å²) in [5.41, 5.74) is 6.68. The normalized spacial score (nSPS) is 15.3. The highest BCUT2D eigenvalue weighted by Crippen LogP contribution is 2.37. The van der Waals surface area contributed by atoms with Crippen molar-refractivity contribution in [3.63, 3.8) is 0 Å². The van der Waals surface area contributed by atoms with Gasteiger partial charge in [-0.3, -0.25) is 24.1 Å². The fourth-order valence-corrected chi connectivity index (χ4v) is 8.41. The number of carbonyl (C=O) groups excluding carboxylic acids is 4. The maximum atomic E-state index is 14.3. The Morgan fingerprint density at radius 2 is 1.69 bits per heavy atom. The highest BCUT2D eigenvalue weighted by atomic mass is 35.5. The van der Waals surface area contributed by atoms with Gasteiger partial charge < -0.3 is 35.8 Å². The van der Waals surface area contributed by atoms with E-state index in [2.05, 4.69) is 79.8 Å². The molecule has 6 rings (SSSR count). The Morgan fingerprint density at radius 1 is 0.922 bits per heavy atom. The van der Waals surface area contributed by atoms with Crippen molar-refractivity contribution in [3.05, 3.63) is 100 Å². The molecule has 16 heteroatoms. The molecule has 1 aliphatic carbocycles. The molecule has 15 nitrogen and oxygen atoms in total. The Kier molecular flexibility index (Phi) is 17.6. The van der Waals surface area contributed by atoms with Gasteiger partial charge in [-0.1, -0.05) is 61.8 Å². The average Bonchev–Trinajstić information content (AvgIpc) is 3.68. The van der Waals surface area contributed by atoms with Crippen LogP contribution in [0.25, 0.3) is 11.1 Å². The maximum Gasteiger partial charge on any atom is 0.272 e. The van der Waals surface area contributed by atoms with Crippen LogP contribution in [0.15, 0.2) is 67.1 Å². The van der Waals surface area contributed by atoms with E-state index in [1.54, 1.807) is 18.6 Å². The highest BCUT2D eigenvalue weighted by molar-refractivity contribution is 6.30. The topological polar surface area (TPSA) is 174 Å². The SMILES string of the molecule is CCc1cccc(-c2cnc(C(=O)NCCOCCNCC(=O)NCCN(CC(C(=O)N3CCN(c4ncnc5c4C(C)CC5)CC3)c3ccc(Cl)cc3)C(C)C)c(NC(C)=O)c2)c1. The Balaban J connectivity index is 0.908. The minimum Gasteiger partial charge on any atom is -0.378 e. The lowest BCUT2D eigenvalue weighted by atomic mass is 9.95. The van der Waals surface area contributed by atoms with Gasteiger partial charge in [0.15, 0.2) is 5.69 Å². The molecule has 0 saturated carbocycles. The van der Waals surface area contributed by atoms with Crippen molar-refractivity contribution in [2.24, 2.45) is 0 Å². The zero-order valence-corrected chi connectivity index (χ0v) is 38.5. The molecule has 1 aliphatic heterocycles. The summed E-state index contributed by atoms with van der Waals surface area (Å²) in [5.74, 6) is 0.247. The number of carbonyl (C=O) groups is 4. The van der Waals surface area contributed by atoms with Crippen molar-refractivity contribution in [1.29, 1.82) is 0 Å². The first-order chi connectivity index (χ1) is 30.9. The fraction of sp³-hybridized carbons (Fsp3) is 0.479. The Hall–Kier alpha value is -5.48. The molecule has 342 valence electrons. The molecule has 4 N–H and O–H groups in total. The highest BCUT2D eigenvalue weighted by Gasteiger charge is 2.33. The van der Waals surface area contributed by atoms with E-state index in [1.807, 2.05) is 47.4 Å². The second kappa shape index (κ2) is 23.4. The van der Waals surface area contributed by atoms with Gasteiger partial charge >= 0.3 is 0 Å². The van der Waals surface area contributed by atoms with Crippen LogP contribution < -0.4 is 26.2 Å². The van der Waals surface area contributed by atoms with Crippen LogP contribution in [0.3, 0.4) is 0 Å². The minimum absolute atomic E-state index is 0.0825. The molecule has 4 aromatic rings. The van der Waals surface area contributed by atoms with Crippen molar-refractivity contribution in [2.45, 2.75) is 71.8 Å². The smallest absolute Gasteiger partial charge is 0.272 e. The number of hydrogen-bond donors (Lipinski definition) is 4. The zero-order valence-electron chi connectivity index (χ0n) is 37.8. The molecular weight excluding hydrogens is 832 g/mol. The van der Waals surface area contributed by atoms with Gasteiger partial charge in [0.1, 0.15) is 12.1 Å². The van der Waals surface area contributed by atoms with E-state index in [0.29, 0.717) is 75.6 Å². The lowest BCUT2D eigenvalue weighted by molar-refractivity contribution is -0.133. The lowest BCUT2D eigenvalue weighted by Crippen LogP contribution is -2.52. The molecule has 3 heterocycles. The van der Waals surface area contributed by atoms with Gasteiger partial charge in [0, 0.05) is 99.9 Å². The van der Waals surface area contributed by atoms with E-state index in [0.717, 1.165) is 47.5 Å². The van der Waals surface area contributed by atoms with Crippen LogP contribution in [-0.4, -0.2) is 133 Å². The largest absolute Gasteiger partial charge is 0.378 e. The number of piperazine rings is 1. The van der Waals surface area contributed by atoms with Crippen LogP contribution in [0.4, 0.5) is 11.5 Å². The van der Waals surface area contributed by atoms with Crippen LogP contribution in [0.5, 0.6) is 0 Å². The molecule has 64 heavy (non-hydrogen) atoms. The molecule has 2 aromatic carbocycles. The number of nitrogens with zero attached hydrogens (tertiary/aromatic N) is 6. The molecule has 2 aromatic heterocycles. The number of anilines is 2. The van der Waals surface area contributed by atoms with Crippen molar-refractivity contribution < 1.29 is 23.9 Å². The molecule has 2 aliphatic rings. The minimum atomic E-state index is -0.426. The summed E-state index contributed by atoms with van der Waals surface area (Å²) in [4.78, 5) is 72.2. The van der Waals surface area contributed by atoms with E-state index < -0.39 is 11.8 Å². The number of halogens is 1. The number of fused-ring (bicyclic) bond motifs is 1. The number of aromatic nitrogens is 3. The van der Waals surface area contributed by atoms with E-state index in [1.165, 1.54) is 18.1 Å². The molecule has 2 unspecified atom stereocenters. The molecule has 2 atom stereocenters. The number of ether oxygens (including phenoxy) is 1. The standard InChI is InChI=1S/C48H63ClN10O5/c1-6-35-8-7-9-37(26-35)38-27-42(56-34(5)60)45(53-28-38)47(62)52-18-25-64-24-17-50-29-43(61)51-16-19-59(32(2)3)30-40(36-11-13-39(49)14-12-36)48(63)58-22-20-57(21-23-58)46-44-33(4)10-15-41(44)54-31-55-46/h7-9,11-14,26-28,31-33,40,50H,6,10,15-25,29-30H2,1-5H3,(H,51,61)(H,52,62)(H,56,60). The first-order valence-corrected chi connectivity index (χ1v) is 22.9. The monoisotopic (exact) mass is 894 g/mol. The number of benzene rings is 2. The summed E-state index contributed by atoms with van der Waals surface area (Å²) in [5, 5.41) is 12.3. The first-order valence-electron chi connectivity index (χ1n) is 22.5. The molecule has 1 fully saturated rings. The van der Waals surface area contributed by atoms with Gasteiger partial charge in [-0.2, -0.15) is 0 Å². The molecule has 1 saturated heterocycles. The number of hydrogen-bond acceptors (Lipinski definition) is 11.